The molecular weight excluding hydrogens is 253 g/mol. The molecular formula is C14H19F3N2. The highest BCUT2D eigenvalue weighted by atomic mass is 19.4. The van der Waals surface area contributed by atoms with Crippen LogP contribution in [0.25, 0.3) is 0 Å². The maximum Gasteiger partial charge on any atom is 0.416 e. The Bertz CT molecular complexity index is 429. The first-order chi connectivity index (χ1) is 8.93. The summed E-state index contributed by atoms with van der Waals surface area (Å²) in [6.45, 7) is 3.79. The van der Waals surface area contributed by atoms with Crippen molar-refractivity contribution >= 4 is 0 Å². The van der Waals surface area contributed by atoms with Crippen LogP contribution in [-0.2, 0) is 6.18 Å². The summed E-state index contributed by atoms with van der Waals surface area (Å²) >= 11 is 0. The average molecular weight is 272 g/mol. The lowest BCUT2D eigenvalue weighted by Gasteiger charge is -2.27. The first-order valence-corrected chi connectivity index (χ1v) is 6.60. The molecule has 2 nitrogen and oxygen atoms in total. The van der Waals surface area contributed by atoms with Gasteiger partial charge in [-0.1, -0.05) is 19.1 Å². The summed E-state index contributed by atoms with van der Waals surface area (Å²) in [5.74, 6) is 0. The van der Waals surface area contributed by atoms with Crippen LogP contribution in [-0.4, -0.2) is 24.0 Å². The van der Waals surface area contributed by atoms with Gasteiger partial charge in [0.15, 0.2) is 0 Å². The number of hydrogen-bond donors (Lipinski definition) is 1. The van der Waals surface area contributed by atoms with Gasteiger partial charge in [0.25, 0.3) is 0 Å². The summed E-state index contributed by atoms with van der Waals surface area (Å²) in [5.41, 5.74) is 6.15. The molecule has 19 heavy (non-hydrogen) atoms. The van der Waals surface area contributed by atoms with Gasteiger partial charge < -0.3 is 5.73 Å². The lowest BCUT2D eigenvalue weighted by molar-refractivity contribution is -0.137. The molecule has 1 aliphatic heterocycles. The molecule has 0 aliphatic carbocycles. The van der Waals surface area contributed by atoms with Crippen molar-refractivity contribution in [3.63, 3.8) is 0 Å². The molecule has 1 aromatic carbocycles. The van der Waals surface area contributed by atoms with Crippen LogP contribution in [0.5, 0.6) is 0 Å². The van der Waals surface area contributed by atoms with E-state index in [2.05, 4.69) is 11.8 Å². The third kappa shape index (κ3) is 3.09. The van der Waals surface area contributed by atoms with Crippen LogP contribution in [0, 0.1) is 0 Å². The second-order valence-electron chi connectivity index (χ2n) is 5.06. The highest BCUT2D eigenvalue weighted by Gasteiger charge is 2.35. The number of halogens is 3. The number of likely N-dealkylation sites (tertiary alicyclic amines) is 1. The maximum absolute atomic E-state index is 12.8. The molecule has 0 bridgehead atoms. The fourth-order valence-electron chi connectivity index (χ4n) is 2.78. The van der Waals surface area contributed by atoms with Crippen molar-refractivity contribution in [2.45, 2.75) is 38.0 Å². The number of benzene rings is 1. The Morgan fingerprint density at radius 3 is 2.74 bits per heavy atom. The van der Waals surface area contributed by atoms with E-state index in [9.17, 15) is 13.2 Å². The van der Waals surface area contributed by atoms with Gasteiger partial charge >= 0.3 is 6.18 Å². The van der Waals surface area contributed by atoms with Gasteiger partial charge in [0.2, 0.25) is 0 Å². The zero-order valence-electron chi connectivity index (χ0n) is 11.0. The molecule has 1 heterocycles. The number of hydrogen-bond acceptors (Lipinski definition) is 2. The highest BCUT2D eigenvalue weighted by molar-refractivity contribution is 5.29. The first kappa shape index (κ1) is 14.3. The van der Waals surface area contributed by atoms with Gasteiger partial charge in [-0.25, -0.2) is 0 Å². The second kappa shape index (κ2) is 5.51. The molecule has 0 aromatic heterocycles. The SMILES string of the molecule is CCCN1CCC(N)C1c1cccc(C(F)(F)F)c1. The highest BCUT2D eigenvalue weighted by Crippen LogP contribution is 2.35. The molecule has 106 valence electrons. The summed E-state index contributed by atoms with van der Waals surface area (Å²) < 4.78 is 38.3. The van der Waals surface area contributed by atoms with Gasteiger partial charge in [-0.15, -0.1) is 0 Å². The average Bonchev–Trinajstić information content (AvgIpc) is 2.70. The van der Waals surface area contributed by atoms with Crippen molar-refractivity contribution in [2.24, 2.45) is 5.73 Å². The smallest absolute Gasteiger partial charge is 0.326 e. The molecule has 0 amide bonds. The van der Waals surface area contributed by atoms with Gasteiger partial charge in [0.05, 0.1) is 5.56 Å². The van der Waals surface area contributed by atoms with Gasteiger partial charge in [-0.3, -0.25) is 4.90 Å². The maximum atomic E-state index is 12.8. The molecule has 0 spiro atoms. The van der Waals surface area contributed by atoms with Crippen LogP contribution >= 0.6 is 0 Å². The zero-order chi connectivity index (χ0) is 14.0. The molecule has 2 N–H and O–H groups in total. The van der Waals surface area contributed by atoms with Crippen molar-refractivity contribution in [3.05, 3.63) is 35.4 Å². The Labute approximate surface area is 111 Å². The van der Waals surface area contributed by atoms with Gasteiger partial charge in [0, 0.05) is 18.6 Å². The molecule has 1 aliphatic rings. The summed E-state index contributed by atoms with van der Waals surface area (Å²) in [6, 6.07) is 5.37. The van der Waals surface area contributed by atoms with Crippen LogP contribution in [0.1, 0.15) is 36.9 Å². The van der Waals surface area contributed by atoms with Crippen molar-refractivity contribution in [1.82, 2.24) is 4.90 Å². The molecule has 0 radical (unpaired) electrons. The van der Waals surface area contributed by atoms with Crippen molar-refractivity contribution in [1.29, 1.82) is 0 Å². The minimum Gasteiger partial charge on any atom is -0.326 e. The lowest BCUT2D eigenvalue weighted by atomic mass is 9.98. The van der Waals surface area contributed by atoms with Gasteiger partial charge in [-0.05, 0) is 37.1 Å². The minimum absolute atomic E-state index is 0.0879. The third-order valence-electron chi connectivity index (χ3n) is 3.61. The van der Waals surface area contributed by atoms with Gasteiger partial charge in [-0.2, -0.15) is 13.2 Å². The second-order valence-corrected chi connectivity index (χ2v) is 5.06. The van der Waals surface area contributed by atoms with E-state index in [1.165, 1.54) is 12.1 Å². The molecule has 1 aromatic rings. The van der Waals surface area contributed by atoms with Crippen LogP contribution in [0.3, 0.4) is 0 Å². The van der Waals surface area contributed by atoms with Crippen LogP contribution in [0.4, 0.5) is 13.2 Å². The predicted octanol–water partition coefficient (Wildman–Crippen LogP) is 3.19. The summed E-state index contributed by atoms with van der Waals surface area (Å²) in [6.07, 6.45) is -2.49. The molecule has 2 atom stereocenters. The van der Waals surface area contributed by atoms with E-state index < -0.39 is 11.7 Å². The monoisotopic (exact) mass is 272 g/mol. The largest absolute Gasteiger partial charge is 0.416 e. The van der Waals surface area contributed by atoms with Crippen molar-refractivity contribution in [3.8, 4) is 0 Å². The van der Waals surface area contributed by atoms with Crippen molar-refractivity contribution in [2.75, 3.05) is 13.1 Å². The zero-order valence-corrected chi connectivity index (χ0v) is 11.0. The number of nitrogens with zero attached hydrogens (tertiary/aromatic N) is 1. The first-order valence-electron chi connectivity index (χ1n) is 6.60. The summed E-state index contributed by atoms with van der Waals surface area (Å²) in [5, 5.41) is 0. The van der Waals surface area contributed by atoms with E-state index in [-0.39, 0.29) is 12.1 Å². The fraction of sp³-hybridized carbons (Fsp3) is 0.571. The fourth-order valence-corrected chi connectivity index (χ4v) is 2.78. The molecule has 1 saturated heterocycles. The standard InChI is InChI=1S/C14H19F3N2/c1-2-7-19-8-6-12(18)13(19)10-4-3-5-11(9-10)14(15,16)17/h3-5,9,12-13H,2,6-8,18H2,1H3. The molecule has 5 heteroatoms. The molecule has 2 rings (SSSR count). The minimum atomic E-state index is -4.30. The summed E-state index contributed by atoms with van der Waals surface area (Å²) in [4.78, 5) is 2.18. The Morgan fingerprint density at radius 1 is 1.37 bits per heavy atom. The third-order valence-corrected chi connectivity index (χ3v) is 3.61. The van der Waals surface area contributed by atoms with E-state index >= 15 is 0 Å². The van der Waals surface area contributed by atoms with Gasteiger partial charge in [0.1, 0.15) is 0 Å². The Morgan fingerprint density at radius 2 is 2.11 bits per heavy atom. The Balaban J connectivity index is 2.29. The number of rotatable bonds is 3. The quantitative estimate of drug-likeness (QED) is 0.915. The van der Waals surface area contributed by atoms with Crippen LogP contribution in [0.15, 0.2) is 24.3 Å². The topological polar surface area (TPSA) is 29.3 Å². The van der Waals surface area contributed by atoms with E-state index in [1.807, 2.05) is 0 Å². The van der Waals surface area contributed by atoms with E-state index in [4.69, 9.17) is 5.73 Å². The number of alkyl halides is 3. The Hall–Kier alpha value is -1.07. The molecule has 2 unspecified atom stereocenters. The predicted molar refractivity (Wildman–Crippen MR) is 68.6 cm³/mol. The summed E-state index contributed by atoms with van der Waals surface area (Å²) in [7, 11) is 0. The van der Waals surface area contributed by atoms with E-state index in [1.54, 1.807) is 6.07 Å². The Kier molecular flexibility index (Phi) is 4.16. The normalized spacial score (nSPS) is 24.9. The van der Waals surface area contributed by atoms with Crippen LogP contribution in [0.2, 0.25) is 0 Å². The van der Waals surface area contributed by atoms with Crippen molar-refractivity contribution < 1.29 is 13.2 Å². The van der Waals surface area contributed by atoms with E-state index in [0.29, 0.717) is 5.56 Å². The molecule has 1 fully saturated rings. The van der Waals surface area contributed by atoms with Crippen LogP contribution < -0.4 is 5.73 Å². The van der Waals surface area contributed by atoms with E-state index in [0.717, 1.165) is 32.0 Å². The number of nitrogens with two attached hydrogens (primary N) is 1. The molecule has 0 saturated carbocycles. The lowest BCUT2D eigenvalue weighted by Crippen LogP contribution is -2.32.